The predicted octanol–water partition coefficient (Wildman–Crippen LogP) is 5.70. The van der Waals surface area contributed by atoms with Gasteiger partial charge >= 0.3 is 5.69 Å². The van der Waals surface area contributed by atoms with E-state index in [4.69, 9.17) is 32.3 Å². The summed E-state index contributed by atoms with van der Waals surface area (Å²) in [6, 6.07) is 7.60. The minimum absolute atomic E-state index is 0.0248. The van der Waals surface area contributed by atoms with Gasteiger partial charge in [0.25, 0.3) is 0 Å². The van der Waals surface area contributed by atoms with Gasteiger partial charge in [-0.1, -0.05) is 49.7 Å². The molecule has 0 saturated carbocycles. The van der Waals surface area contributed by atoms with Crippen LogP contribution in [0.1, 0.15) is 57.4 Å². The topological polar surface area (TPSA) is 84.2 Å². The third-order valence-corrected chi connectivity index (χ3v) is 8.75. The van der Waals surface area contributed by atoms with Gasteiger partial charge in [-0.05, 0) is 69.0 Å². The van der Waals surface area contributed by atoms with E-state index in [2.05, 4.69) is 16.5 Å². The zero-order valence-electron chi connectivity index (χ0n) is 26.8. The summed E-state index contributed by atoms with van der Waals surface area (Å²) in [5.74, 6) is -0.429. The molecule has 1 saturated heterocycles. The highest BCUT2D eigenvalue weighted by Gasteiger charge is 2.34. The molecule has 4 radical (unpaired) electrons. The van der Waals surface area contributed by atoms with Crippen LogP contribution in [-0.2, 0) is 4.79 Å². The van der Waals surface area contributed by atoms with E-state index in [1.54, 1.807) is 36.2 Å². The first-order chi connectivity index (χ1) is 21.8. The summed E-state index contributed by atoms with van der Waals surface area (Å²) in [6.45, 7) is 15.9. The third kappa shape index (κ3) is 5.77. The number of hydrogen-bond acceptors (Lipinski definition) is 6. The molecule has 4 aromatic rings. The minimum atomic E-state index is -0.583. The average molecular weight is 635 g/mol. The molecule has 0 N–H and O–H groups in total. The van der Waals surface area contributed by atoms with E-state index in [9.17, 15) is 9.59 Å². The quantitative estimate of drug-likeness (QED) is 0.200. The first-order valence-electron chi connectivity index (χ1n) is 15.1. The molecule has 1 aliphatic heterocycles. The summed E-state index contributed by atoms with van der Waals surface area (Å²) < 4.78 is 17.2. The van der Waals surface area contributed by atoms with Crippen molar-refractivity contribution in [2.45, 2.75) is 59.5 Å². The van der Waals surface area contributed by atoms with Crippen LogP contribution in [0.5, 0.6) is 0 Å². The maximum Gasteiger partial charge on any atom is 0.355 e. The van der Waals surface area contributed by atoms with E-state index in [1.807, 2.05) is 45.6 Å². The number of aryl methyl sites for hydroxylation is 1. The van der Waals surface area contributed by atoms with E-state index in [1.165, 1.54) is 16.7 Å². The number of allylic oxidation sites excluding steroid dienone is 1. The summed E-state index contributed by atoms with van der Waals surface area (Å²) >= 11 is 6.97. The van der Waals surface area contributed by atoms with E-state index >= 15 is 4.39 Å². The van der Waals surface area contributed by atoms with Crippen molar-refractivity contribution < 1.29 is 9.18 Å². The molecule has 3 aromatic heterocycles. The number of aromatic nitrogens is 4. The molecule has 1 amide bonds. The lowest BCUT2D eigenvalue weighted by atomic mass is 9.73. The first kappa shape index (κ1) is 33.1. The molecule has 12 heteroatoms. The highest BCUT2D eigenvalue weighted by Crippen LogP contribution is 2.39. The number of piperazine rings is 1. The van der Waals surface area contributed by atoms with Gasteiger partial charge in [0.2, 0.25) is 5.91 Å². The smallest absolute Gasteiger partial charge is 0.347 e. The molecule has 0 spiro atoms. The van der Waals surface area contributed by atoms with Crippen molar-refractivity contribution >= 4 is 55.6 Å². The van der Waals surface area contributed by atoms with Crippen LogP contribution in [-0.4, -0.2) is 71.2 Å². The maximum atomic E-state index is 15.7. The van der Waals surface area contributed by atoms with Crippen LogP contribution in [0.3, 0.4) is 0 Å². The van der Waals surface area contributed by atoms with Gasteiger partial charge in [0.05, 0.1) is 43.2 Å². The van der Waals surface area contributed by atoms with Gasteiger partial charge in [-0.15, -0.1) is 0 Å². The fraction of sp³-hybridized carbons (Fsp3) is 0.324. The molecule has 46 heavy (non-hydrogen) atoms. The van der Waals surface area contributed by atoms with Gasteiger partial charge in [-0.25, -0.2) is 18.7 Å². The van der Waals surface area contributed by atoms with E-state index in [-0.39, 0.29) is 51.2 Å². The average Bonchev–Trinajstić information content (AvgIpc) is 3.00. The Morgan fingerprint density at radius 3 is 2.43 bits per heavy atom. The molecule has 0 aliphatic carbocycles. The van der Waals surface area contributed by atoms with Gasteiger partial charge < -0.3 is 9.80 Å². The van der Waals surface area contributed by atoms with Crippen LogP contribution in [0.4, 0.5) is 10.2 Å². The van der Waals surface area contributed by atoms with E-state index in [0.717, 1.165) is 5.56 Å². The second-order valence-electron chi connectivity index (χ2n) is 12.1. The maximum absolute atomic E-state index is 15.7. The van der Waals surface area contributed by atoms with Crippen LogP contribution in [0, 0.1) is 12.7 Å². The second kappa shape index (κ2) is 12.9. The normalized spacial score (nSPS) is 16.6. The number of fused-ring (bicyclic) bond motifs is 1. The lowest BCUT2D eigenvalue weighted by Crippen LogP contribution is -2.58. The van der Waals surface area contributed by atoms with Gasteiger partial charge in [-0.2, -0.15) is 10.4 Å². The molecule has 232 valence electrons. The Kier molecular flexibility index (Phi) is 9.27. The molecule has 4 heterocycles. The molecule has 0 unspecified atom stereocenters. The van der Waals surface area contributed by atoms with Crippen molar-refractivity contribution in [1.82, 2.24) is 24.4 Å². The molecule has 5 rings (SSSR count). The van der Waals surface area contributed by atoms with Gasteiger partial charge in [0.15, 0.2) is 5.65 Å². The van der Waals surface area contributed by atoms with E-state index in [0.29, 0.717) is 46.8 Å². The zero-order chi connectivity index (χ0) is 33.6. The Labute approximate surface area is 275 Å². The van der Waals surface area contributed by atoms with Crippen LogP contribution in [0.2, 0.25) is 5.02 Å². The molecule has 2 atom stereocenters. The van der Waals surface area contributed by atoms with Crippen molar-refractivity contribution in [3.05, 3.63) is 92.7 Å². The molecule has 1 fully saturated rings. The molecule has 1 aliphatic rings. The summed E-state index contributed by atoms with van der Waals surface area (Å²) in [4.78, 5) is 44.7. The molecular formula is C34H34B2ClFN6O2. The number of halogens is 2. The predicted molar refractivity (Wildman–Crippen MR) is 184 cm³/mol. The van der Waals surface area contributed by atoms with Crippen LogP contribution in [0.15, 0.2) is 59.3 Å². The standard InChI is InChI=1S/C34H34B2ClFN6O2/c1-8-26(45)42-15-19(5)43(20(6)16-42)33-23-14-24(37)29(27-22(21(7)31(35)36)10-9-11-25(27)38)40-32(23)44(34(46)41-33)30-18(4)12-13-39-28(30)17(2)3/h8-14,17,19-20H,1,15-16H2,2-7H3/t19-,20-/m0/s1. The van der Waals surface area contributed by atoms with E-state index < -0.39 is 11.5 Å². The third-order valence-electron chi connectivity index (χ3n) is 8.46. The Balaban J connectivity index is 1.89. The fourth-order valence-electron chi connectivity index (χ4n) is 6.25. The lowest BCUT2D eigenvalue weighted by Gasteiger charge is -2.45. The van der Waals surface area contributed by atoms with Crippen LogP contribution in [0.25, 0.3) is 33.6 Å². The molecule has 8 nitrogen and oxygen atoms in total. The Morgan fingerprint density at radius 2 is 1.83 bits per heavy atom. The van der Waals surface area contributed by atoms with Gasteiger partial charge in [0.1, 0.15) is 11.6 Å². The number of amides is 1. The summed E-state index contributed by atoms with van der Waals surface area (Å²) in [6.07, 6.45) is 2.99. The van der Waals surface area contributed by atoms with Gasteiger partial charge in [-0.3, -0.25) is 9.78 Å². The monoisotopic (exact) mass is 634 g/mol. The minimum Gasteiger partial charge on any atom is -0.347 e. The number of benzene rings is 1. The Bertz CT molecular complexity index is 1960. The lowest BCUT2D eigenvalue weighted by molar-refractivity contribution is -0.127. The second-order valence-corrected chi connectivity index (χ2v) is 12.5. The van der Waals surface area contributed by atoms with Crippen LogP contribution < -0.4 is 10.6 Å². The largest absolute Gasteiger partial charge is 0.355 e. The van der Waals surface area contributed by atoms with Gasteiger partial charge in [0, 0.05) is 36.9 Å². The zero-order valence-corrected chi connectivity index (χ0v) is 27.6. The van der Waals surface area contributed by atoms with Crippen molar-refractivity contribution in [2.24, 2.45) is 0 Å². The highest BCUT2D eigenvalue weighted by atomic mass is 35.5. The van der Waals surface area contributed by atoms with Crippen molar-refractivity contribution in [3.63, 3.8) is 0 Å². The highest BCUT2D eigenvalue weighted by molar-refractivity contribution is 6.51. The molecular weight excluding hydrogens is 600 g/mol. The fourth-order valence-corrected chi connectivity index (χ4v) is 6.49. The number of anilines is 1. The van der Waals surface area contributed by atoms with Crippen molar-refractivity contribution in [1.29, 1.82) is 0 Å². The van der Waals surface area contributed by atoms with Crippen molar-refractivity contribution in [3.8, 4) is 16.9 Å². The molecule has 1 aromatic carbocycles. The molecule has 0 bridgehead atoms. The summed E-state index contributed by atoms with van der Waals surface area (Å²) in [7, 11) is 11.9. The summed E-state index contributed by atoms with van der Waals surface area (Å²) in [5, 5.41) is 0.650. The number of carbonyl (C=O) groups is 1. The number of carbonyl (C=O) groups excluding carboxylic acids is 1. The SMILES string of the molecule is [B]C([B])=C(C)c1cccc(F)c1-c1nc2c(cc1Cl)c(N1[C@@H](C)CN(C(=O)C=C)C[C@@H]1C)nc(=O)n2-c1c(C)ccnc1C(C)C. The van der Waals surface area contributed by atoms with Crippen molar-refractivity contribution in [2.75, 3.05) is 18.0 Å². The Hall–Kier alpha value is -4.24. The summed E-state index contributed by atoms with van der Waals surface area (Å²) in [5.41, 5.74) is 2.75. The number of rotatable bonds is 6. The number of pyridine rings is 2. The Morgan fingerprint density at radius 1 is 1.15 bits per heavy atom. The number of nitrogens with zero attached hydrogens (tertiary/aromatic N) is 6. The number of hydrogen-bond donors (Lipinski definition) is 0. The first-order valence-corrected chi connectivity index (χ1v) is 15.4. The van der Waals surface area contributed by atoms with Crippen LogP contribution >= 0.6 is 11.6 Å².